The molecule has 0 aliphatic rings. The summed E-state index contributed by atoms with van der Waals surface area (Å²) in [6.45, 7) is 2.30. The monoisotopic (exact) mass is 259 g/mol. The van der Waals surface area contributed by atoms with Gasteiger partial charge in [0.1, 0.15) is 5.75 Å². The SMILES string of the molecule is C/C(=N/O)c1ccccc1OCCc1cnn(C)c1. The highest BCUT2D eigenvalue weighted by Crippen LogP contribution is 2.19. The summed E-state index contributed by atoms with van der Waals surface area (Å²) in [6.07, 6.45) is 4.59. The normalized spacial score (nSPS) is 11.6. The summed E-state index contributed by atoms with van der Waals surface area (Å²) >= 11 is 0. The van der Waals surface area contributed by atoms with Gasteiger partial charge in [0.05, 0.1) is 18.5 Å². The fraction of sp³-hybridized carbons (Fsp3) is 0.286. The lowest BCUT2D eigenvalue weighted by molar-refractivity contribution is 0.314. The Morgan fingerprint density at radius 1 is 1.42 bits per heavy atom. The Bertz CT molecular complexity index is 576. The zero-order valence-electron chi connectivity index (χ0n) is 11.1. The van der Waals surface area contributed by atoms with Gasteiger partial charge in [-0.25, -0.2) is 0 Å². The van der Waals surface area contributed by atoms with E-state index in [0.29, 0.717) is 12.3 Å². The first-order valence-corrected chi connectivity index (χ1v) is 6.09. The molecule has 1 aromatic carbocycles. The third-order valence-corrected chi connectivity index (χ3v) is 2.83. The Kier molecular flexibility index (Phi) is 4.18. The first-order valence-electron chi connectivity index (χ1n) is 6.09. The van der Waals surface area contributed by atoms with Crippen molar-refractivity contribution in [2.75, 3.05) is 6.61 Å². The molecule has 0 aliphatic carbocycles. The predicted molar refractivity (Wildman–Crippen MR) is 72.8 cm³/mol. The van der Waals surface area contributed by atoms with Crippen LogP contribution in [0.1, 0.15) is 18.1 Å². The maximum atomic E-state index is 8.84. The van der Waals surface area contributed by atoms with E-state index >= 15 is 0 Å². The van der Waals surface area contributed by atoms with Crippen molar-refractivity contribution in [2.45, 2.75) is 13.3 Å². The highest BCUT2D eigenvalue weighted by molar-refractivity contribution is 6.00. The van der Waals surface area contributed by atoms with Gasteiger partial charge in [-0.15, -0.1) is 0 Å². The Labute approximate surface area is 112 Å². The van der Waals surface area contributed by atoms with Crippen molar-refractivity contribution in [1.29, 1.82) is 0 Å². The number of ether oxygens (including phenoxy) is 1. The van der Waals surface area contributed by atoms with Gasteiger partial charge in [-0.2, -0.15) is 5.10 Å². The average Bonchev–Trinajstić information content (AvgIpc) is 2.84. The number of aryl methyl sites for hydroxylation is 1. The molecule has 0 fully saturated rings. The standard InChI is InChI=1S/C14H17N3O2/c1-11(16-18)13-5-3-4-6-14(13)19-8-7-12-9-15-17(2)10-12/h3-6,9-10,18H,7-8H2,1-2H3/b16-11-. The number of aromatic nitrogens is 2. The molecule has 1 N–H and O–H groups in total. The van der Waals surface area contributed by atoms with E-state index in [0.717, 1.165) is 23.3 Å². The Balaban J connectivity index is 2.00. The minimum atomic E-state index is 0.539. The van der Waals surface area contributed by atoms with Gasteiger partial charge < -0.3 is 9.94 Å². The number of para-hydroxylation sites is 1. The van der Waals surface area contributed by atoms with Crippen molar-refractivity contribution in [3.63, 3.8) is 0 Å². The molecular formula is C14H17N3O2. The first-order chi connectivity index (χ1) is 9.20. The van der Waals surface area contributed by atoms with Crippen LogP contribution in [0.15, 0.2) is 41.8 Å². The van der Waals surface area contributed by atoms with Gasteiger partial charge in [-0.05, 0) is 24.6 Å². The van der Waals surface area contributed by atoms with Crippen LogP contribution in [0.4, 0.5) is 0 Å². The minimum Gasteiger partial charge on any atom is -0.493 e. The minimum absolute atomic E-state index is 0.539. The summed E-state index contributed by atoms with van der Waals surface area (Å²) in [5, 5.41) is 16.2. The second-order valence-corrected chi connectivity index (χ2v) is 4.30. The molecule has 100 valence electrons. The molecule has 0 saturated heterocycles. The van der Waals surface area contributed by atoms with Gasteiger partial charge in [0.15, 0.2) is 0 Å². The topological polar surface area (TPSA) is 59.6 Å². The first kappa shape index (κ1) is 13.1. The molecule has 0 radical (unpaired) electrons. The fourth-order valence-corrected chi connectivity index (χ4v) is 1.83. The van der Waals surface area contributed by atoms with Crippen LogP contribution >= 0.6 is 0 Å². The maximum absolute atomic E-state index is 8.84. The summed E-state index contributed by atoms with van der Waals surface area (Å²) < 4.78 is 7.51. The molecule has 2 rings (SSSR count). The molecule has 5 heteroatoms. The van der Waals surface area contributed by atoms with Crippen LogP contribution in [0, 0.1) is 0 Å². The molecule has 19 heavy (non-hydrogen) atoms. The summed E-state index contributed by atoms with van der Waals surface area (Å²) in [6, 6.07) is 7.52. The molecule has 0 atom stereocenters. The molecular weight excluding hydrogens is 242 g/mol. The predicted octanol–water partition coefficient (Wildman–Crippen LogP) is 2.24. The quantitative estimate of drug-likeness (QED) is 0.509. The van der Waals surface area contributed by atoms with E-state index in [9.17, 15) is 0 Å². The summed E-state index contributed by atoms with van der Waals surface area (Å²) in [5.74, 6) is 0.724. The Hall–Kier alpha value is -2.30. The largest absolute Gasteiger partial charge is 0.493 e. The second kappa shape index (κ2) is 6.04. The van der Waals surface area contributed by atoms with E-state index < -0.39 is 0 Å². The van der Waals surface area contributed by atoms with Crippen molar-refractivity contribution in [3.8, 4) is 5.75 Å². The molecule has 5 nitrogen and oxygen atoms in total. The van der Waals surface area contributed by atoms with Crippen LogP contribution in [-0.2, 0) is 13.5 Å². The number of rotatable bonds is 5. The van der Waals surface area contributed by atoms with Crippen LogP contribution in [-0.4, -0.2) is 27.3 Å². The second-order valence-electron chi connectivity index (χ2n) is 4.30. The molecule has 1 aromatic heterocycles. The number of hydrogen-bond donors (Lipinski definition) is 1. The third-order valence-electron chi connectivity index (χ3n) is 2.83. The molecule has 0 unspecified atom stereocenters. The van der Waals surface area contributed by atoms with E-state index in [4.69, 9.17) is 9.94 Å². The van der Waals surface area contributed by atoms with Gasteiger partial charge >= 0.3 is 0 Å². The number of nitrogens with zero attached hydrogens (tertiary/aromatic N) is 3. The smallest absolute Gasteiger partial charge is 0.128 e. The van der Waals surface area contributed by atoms with Crippen molar-refractivity contribution in [2.24, 2.45) is 12.2 Å². The molecule has 2 aromatic rings. The number of benzene rings is 1. The molecule has 0 saturated carbocycles. The van der Waals surface area contributed by atoms with Gasteiger partial charge in [0.25, 0.3) is 0 Å². The molecule has 0 amide bonds. The van der Waals surface area contributed by atoms with Gasteiger partial charge in [0, 0.05) is 25.2 Å². The fourth-order valence-electron chi connectivity index (χ4n) is 1.83. The lowest BCUT2D eigenvalue weighted by Gasteiger charge is -2.09. The van der Waals surface area contributed by atoms with Crippen molar-refractivity contribution in [3.05, 3.63) is 47.8 Å². The van der Waals surface area contributed by atoms with Gasteiger partial charge in [0.2, 0.25) is 0 Å². The molecule has 0 spiro atoms. The van der Waals surface area contributed by atoms with Crippen molar-refractivity contribution in [1.82, 2.24) is 9.78 Å². The van der Waals surface area contributed by atoms with Crippen LogP contribution in [0.2, 0.25) is 0 Å². The van der Waals surface area contributed by atoms with Crippen molar-refractivity contribution >= 4 is 5.71 Å². The van der Waals surface area contributed by atoms with Gasteiger partial charge in [-0.1, -0.05) is 17.3 Å². The molecule has 1 heterocycles. The Morgan fingerprint density at radius 2 is 2.21 bits per heavy atom. The molecule has 0 aliphatic heterocycles. The zero-order chi connectivity index (χ0) is 13.7. The van der Waals surface area contributed by atoms with E-state index in [1.165, 1.54) is 0 Å². The maximum Gasteiger partial charge on any atom is 0.128 e. The molecule has 0 bridgehead atoms. The van der Waals surface area contributed by atoms with E-state index in [1.807, 2.05) is 43.7 Å². The summed E-state index contributed by atoms with van der Waals surface area (Å²) in [5.41, 5.74) is 2.47. The van der Waals surface area contributed by atoms with E-state index in [2.05, 4.69) is 10.3 Å². The van der Waals surface area contributed by atoms with Crippen LogP contribution in [0.3, 0.4) is 0 Å². The van der Waals surface area contributed by atoms with E-state index in [-0.39, 0.29) is 0 Å². The lowest BCUT2D eigenvalue weighted by atomic mass is 10.1. The van der Waals surface area contributed by atoms with Crippen LogP contribution in [0.25, 0.3) is 0 Å². The number of oxime groups is 1. The summed E-state index contributed by atoms with van der Waals surface area (Å²) in [7, 11) is 1.89. The highest BCUT2D eigenvalue weighted by atomic mass is 16.5. The van der Waals surface area contributed by atoms with Crippen LogP contribution in [0.5, 0.6) is 5.75 Å². The zero-order valence-corrected chi connectivity index (χ0v) is 11.1. The van der Waals surface area contributed by atoms with Crippen molar-refractivity contribution < 1.29 is 9.94 Å². The average molecular weight is 259 g/mol. The van der Waals surface area contributed by atoms with Crippen LogP contribution < -0.4 is 4.74 Å². The van der Waals surface area contributed by atoms with Gasteiger partial charge in [-0.3, -0.25) is 4.68 Å². The lowest BCUT2D eigenvalue weighted by Crippen LogP contribution is -2.05. The number of hydrogen-bond acceptors (Lipinski definition) is 4. The highest BCUT2D eigenvalue weighted by Gasteiger charge is 2.06. The van der Waals surface area contributed by atoms with E-state index in [1.54, 1.807) is 11.6 Å². The summed E-state index contributed by atoms with van der Waals surface area (Å²) in [4.78, 5) is 0. The Morgan fingerprint density at radius 3 is 2.89 bits per heavy atom. The third kappa shape index (κ3) is 3.34.